The predicted octanol–water partition coefficient (Wildman–Crippen LogP) is 5.01. The third-order valence-corrected chi connectivity index (χ3v) is 4.13. The highest BCUT2D eigenvalue weighted by Crippen LogP contribution is 2.33. The van der Waals surface area contributed by atoms with Crippen LogP contribution in [0, 0.1) is 24.0 Å². The smallest absolute Gasteiger partial charge is 0.280 e. The Morgan fingerprint density at radius 1 is 1.08 bits per heavy atom. The van der Waals surface area contributed by atoms with Crippen LogP contribution in [-0.4, -0.2) is 14.9 Å². The molecule has 25 heavy (non-hydrogen) atoms. The van der Waals surface area contributed by atoms with Gasteiger partial charge in [0.15, 0.2) is 11.6 Å². The monoisotopic (exact) mass is 333 g/mol. The van der Waals surface area contributed by atoms with E-state index in [-0.39, 0.29) is 5.69 Å². The molecule has 0 fully saturated rings. The number of fused-ring (bicyclic) bond motifs is 1. The number of furan rings is 1. The summed E-state index contributed by atoms with van der Waals surface area (Å²) in [5.74, 6) is 1.59. The third-order valence-electron chi connectivity index (χ3n) is 4.13. The number of aromatic nitrogens is 2. The van der Waals surface area contributed by atoms with Gasteiger partial charge in [0.1, 0.15) is 5.76 Å². The molecule has 2 heterocycles. The van der Waals surface area contributed by atoms with Crippen molar-refractivity contribution in [1.29, 1.82) is 0 Å². The van der Waals surface area contributed by atoms with Gasteiger partial charge < -0.3 is 9.40 Å². The summed E-state index contributed by atoms with van der Waals surface area (Å²) in [6.07, 6.45) is 0. The number of imidazole rings is 1. The van der Waals surface area contributed by atoms with E-state index in [9.17, 15) is 10.1 Å². The van der Waals surface area contributed by atoms with Gasteiger partial charge in [-0.2, -0.15) is 0 Å². The third kappa shape index (κ3) is 2.57. The molecule has 0 bridgehead atoms. The molecule has 6 heteroatoms. The second kappa shape index (κ2) is 5.59. The van der Waals surface area contributed by atoms with Crippen LogP contribution in [0.25, 0.3) is 33.9 Å². The number of aromatic amines is 1. The Balaban J connectivity index is 1.80. The van der Waals surface area contributed by atoms with Crippen LogP contribution >= 0.6 is 0 Å². The van der Waals surface area contributed by atoms with Crippen molar-refractivity contribution in [3.63, 3.8) is 0 Å². The molecule has 0 atom stereocenters. The SMILES string of the molecule is Cc1cc(C)c2nc(-c3ccc(-c4ccccc4[N+](=O)[O-])o3)[nH]c2c1. The average molecular weight is 333 g/mol. The number of para-hydroxylation sites is 1. The number of H-pyrrole nitrogens is 1. The molecule has 0 spiro atoms. The Morgan fingerprint density at radius 3 is 2.64 bits per heavy atom. The van der Waals surface area contributed by atoms with Gasteiger partial charge in [-0.05, 0) is 49.2 Å². The van der Waals surface area contributed by atoms with E-state index in [2.05, 4.69) is 16.0 Å². The summed E-state index contributed by atoms with van der Waals surface area (Å²) in [7, 11) is 0. The number of nitro benzene ring substituents is 1. The summed E-state index contributed by atoms with van der Waals surface area (Å²) < 4.78 is 5.85. The first-order valence-corrected chi connectivity index (χ1v) is 7.84. The highest BCUT2D eigenvalue weighted by molar-refractivity contribution is 5.82. The van der Waals surface area contributed by atoms with Gasteiger partial charge in [0.05, 0.1) is 21.5 Å². The van der Waals surface area contributed by atoms with Gasteiger partial charge >= 0.3 is 0 Å². The molecule has 0 aliphatic rings. The molecule has 0 unspecified atom stereocenters. The van der Waals surface area contributed by atoms with Crippen molar-refractivity contribution in [2.75, 3.05) is 0 Å². The van der Waals surface area contributed by atoms with Gasteiger partial charge in [0.25, 0.3) is 5.69 Å². The highest BCUT2D eigenvalue weighted by Gasteiger charge is 2.18. The van der Waals surface area contributed by atoms with E-state index in [1.807, 2.05) is 19.9 Å². The van der Waals surface area contributed by atoms with Crippen LogP contribution in [-0.2, 0) is 0 Å². The van der Waals surface area contributed by atoms with Crippen molar-refractivity contribution in [2.45, 2.75) is 13.8 Å². The van der Waals surface area contributed by atoms with E-state index in [4.69, 9.17) is 4.42 Å². The molecule has 6 nitrogen and oxygen atoms in total. The first-order chi connectivity index (χ1) is 12.0. The lowest BCUT2D eigenvalue weighted by Crippen LogP contribution is -1.90. The van der Waals surface area contributed by atoms with E-state index in [0.29, 0.717) is 22.9 Å². The summed E-state index contributed by atoms with van der Waals surface area (Å²) >= 11 is 0. The van der Waals surface area contributed by atoms with Gasteiger partial charge in [-0.3, -0.25) is 10.1 Å². The minimum Gasteiger partial charge on any atom is -0.453 e. The number of aryl methyl sites for hydroxylation is 2. The molecule has 124 valence electrons. The Kier molecular flexibility index (Phi) is 3.39. The number of benzene rings is 2. The van der Waals surface area contributed by atoms with Crippen molar-refractivity contribution < 1.29 is 9.34 Å². The summed E-state index contributed by atoms with van der Waals surface area (Å²) in [6.45, 7) is 4.05. The van der Waals surface area contributed by atoms with Crippen LogP contribution in [0.2, 0.25) is 0 Å². The maximum Gasteiger partial charge on any atom is 0.280 e. The van der Waals surface area contributed by atoms with E-state index in [1.165, 1.54) is 6.07 Å². The lowest BCUT2D eigenvalue weighted by atomic mass is 10.1. The maximum atomic E-state index is 11.2. The Labute approximate surface area is 143 Å². The van der Waals surface area contributed by atoms with E-state index < -0.39 is 4.92 Å². The predicted molar refractivity (Wildman–Crippen MR) is 95.4 cm³/mol. The highest BCUT2D eigenvalue weighted by atomic mass is 16.6. The number of hydrogen-bond donors (Lipinski definition) is 1. The molecular formula is C19H15N3O3. The van der Waals surface area contributed by atoms with E-state index in [0.717, 1.165) is 22.2 Å². The molecule has 4 aromatic rings. The number of rotatable bonds is 3. The van der Waals surface area contributed by atoms with Crippen LogP contribution in [0.4, 0.5) is 5.69 Å². The first kappa shape index (κ1) is 15.1. The molecule has 0 saturated heterocycles. The van der Waals surface area contributed by atoms with Crippen LogP contribution in [0.5, 0.6) is 0 Å². The molecule has 2 aromatic heterocycles. The lowest BCUT2D eigenvalue weighted by molar-refractivity contribution is -0.384. The molecule has 0 radical (unpaired) electrons. The zero-order valence-electron chi connectivity index (χ0n) is 13.7. The summed E-state index contributed by atoms with van der Waals surface area (Å²) in [6, 6.07) is 14.1. The van der Waals surface area contributed by atoms with Crippen molar-refractivity contribution in [2.24, 2.45) is 0 Å². The van der Waals surface area contributed by atoms with Crippen LogP contribution < -0.4 is 0 Å². The van der Waals surface area contributed by atoms with Crippen LogP contribution in [0.1, 0.15) is 11.1 Å². The number of nitro groups is 1. The van der Waals surface area contributed by atoms with Crippen LogP contribution in [0.3, 0.4) is 0 Å². The number of nitrogens with zero attached hydrogens (tertiary/aromatic N) is 2. The largest absolute Gasteiger partial charge is 0.453 e. The molecule has 2 aromatic carbocycles. The van der Waals surface area contributed by atoms with Gasteiger partial charge in [0, 0.05) is 6.07 Å². The van der Waals surface area contributed by atoms with E-state index in [1.54, 1.807) is 30.3 Å². The quantitative estimate of drug-likeness (QED) is 0.421. The zero-order chi connectivity index (χ0) is 17.6. The van der Waals surface area contributed by atoms with E-state index >= 15 is 0 Å². The number of hydrogen-bond acceptors (Lipinski definition) is 4. The molecule has 0 aliphatic heterocycles. The van der Waals surface area contributed by atoms with Gasteiger partial charge in [-0.25, -0.2) is 4.98 Å². The topological polar surface area (TPSA) is 85.0 Å². The van der Waals surface area contributed by atoms with Crippen molar-refractivity contribution in [3.8, 4) is 22.9 Å². The van der Waals surface area contributed by atoms with Crippen molar-refractivity contribution in [1.82, 2.24) is 9.97 Å². The minimum absolute atomic E-state index is 0.0134. The van der Waals surface area contributed by atoms with Gasteiger partial charge in [-0.15, -0.1) is 0 Å². The standard InChI is InChI=1S/C19H15N3O3/c1-11-9-12(2)18-14(10-11)20-19(21-18)17-8-7-16(25-17)13-5-3-4-6-15(13)22(23)24/h3-10H,1-2H3,(H,20,21). The Morgan fingerprint density at radius 2 is 1.84 bits per heavy atom. The molecule has 0 saturated carbocycles. The summed E-state index contributed by atoms with van der Waals surface area (Å²) in [5, 5.41) is 11.2. The van der Waals surface area contributed by atoms with Crippen molar-refractivity contribution >= 4 is 16.7 Å². The second-order valence-electron chi connectivity index (χ2n) is 6.00. The maximum absolute atomic E-state index is 11.2. The van der Waals surface area contributed by atoms with Gasteiger partial charge in [-0.1, -0.05) is 18.2 Å². The molecule has 0 aliphatic carbocycles. The number of nitrogens with one attached hydrogen (secondary N) is 1. The minimum atomic E-state index is -0.412. The first-order valence-electron chi connectivity index (χ1n) is 7.84. The second-order valence-corrected chi connectivity index (χ2v) is 6.00. The molecular weight excluding hydrogens is 318 g/mol. The molecule has 1 N–H and O–H groups in total. The fourth-order valence-corrected chi connectivity index (χ4v) is 3.04. The zero-order valence-corrected chi connectivity index (χ0v) is 13.7. The van der Waals surface area contributed by atoms with Crippen molar-refractivity contribution in [3.05, 3.63) is 69.8 Å². The Hall–Kier alpha value is -3.41. The fraction of sp³-hybridized carbons (Fsp3) is 0.105. The van der Waals surface area contributed by atoms with Crippen LogP contribution in [0.15, 0.2) is 52.9 Å². The summed E-state index contributed by atoms with van der Waals surface area (Å²) in [5.41, 5.74) is 4.53. The average Bonchev–Trinajstić information content (AvgIpc) is 3.21. The molecule has 4 rings (SSSR count). The Bertz CT molecular complexity index is 1110. The normalized spacial score (nSPS) is 11.1. The lowest BCUT2D eigenvalue weighted by Gasteiger charge is -1.98. The summed E-state index contributed by atoms with van der Waals surface area (Å²) in [4.78, 5) is 18.7. The van der Waals surface area contributed by atoms with Gasteiger partial charge in [0.2, 0.25) is 0 Å². The fourth-order valence-electron chi connectivity index (χ4n) is 3.04. The molecule has 0 amide bonds.